The van der Waals surface area contributed by atoms with Crippen LogP contribution in [0.25, 0.3) is 0 Å². The van der Waals surface area contributed by atoms with Crippen LogP contribution >= 0.6 is 0 Å². The molecule has 0 aliphatic carbocycles. The van der Waals surface area contributed by atoms with Crippen molar-refractivity contribution in [3.05, 3.63) is 35.9 Å². The van der Waals surface area contributed by atoms with Gasteiger partial charge in [0.1, 0.15) is 36.3 Å². The first kappa shape index (κ1) is 44.4. The molecule has 0 fully saturated rings. The van der Waals surface area contributed by atoms with E-state index in [-0.39, 0.29) is 31.1 Å². The Morgan fingerprint density at radius 1 is 0.627 bits per heavy atom. The highest BCUT2D eigenvalue weighted by Gasteiger charge is 2.33. The van der Waals surface area contributed by atoms with Gasteiger partial charge in [-0.25, -0.2) is 4.79 Å². The summed E-state index contributed by atoms with van der Waals surface area (Å²) in [6, 6.07) is 1.05. The molecule has 1 aromatic carbocycles. The lowest BCUT2D eigenvalue weighted by molar-refractivity contribution is -0.143. The molecule has 0 aromatic heterocycles. The van der Waals surface area contributed by atoms with Gasteiger partial charge in [0.05, 0.1) is 18.8 Å². The molecular formula is C34H55N7O10. The van der Waals surface area contributed by atoms with Crippen LogP contribution in [0.1, 0.15) is 66.9 Å². The summed E-state index contributed by atoms with van der Waals surface area (Å²) in [5.41, 5.74) is 6.28. The topological polar surface area (TPSA) is 278 Å². The van der Waals surface area contributed by atoms with Gasteiger partial charge < -0.3 is 53.0 Å². The number of carboxylic acid groups (broad SMARTS) is 1. The number of carbonyl (C=O) groups is 7. The molecule has 0 spiro atoms. The molecule has 0 bridgehead atoms. The van der Waals surface area contributed by atoms with Crippen LogP contribution in [-0.4, -0.2) is 112 Å². The number of carboxylic acids is 1. The highest BCUT2D eigenvalue weighted by atomic mass is 16.4. The van der Waals surface area contributed by atoms with Gasteiger partial charge in [0, 0.05) is 6.42 Å². The number of carbonyl (C=O) groups excluding carboxylic acids is 6. The van der Waals surface area contributed by atoms with E-state index in [1.165, 1.54) is 20.8 Å². The zero-order valence-corrected chi connectivity index (χ0v) is 30.3. The second kappa shape index (κ2) is 21.6. The minimum Gasteiger partial charge on any atom is -0.480 e. The molecule has 0 aliphatic rings. The fourth-order valence-corrected chi connectivity index (χ4v) is 4.80. The summed E-state index contributed by atoms with van der Waals surface area (Å²) in [6.07, 6.45) is -2.30. The number of nitrogens with one attached hydrogen (secondary N) is 6. The van der Waals surface area contributed by atoms with E-state index in [0.717, 1.165) is 0 Å². The van der Waals surface area contributed by atoms with E-state index in [0.29, 0.717) is 5.56 Å². The lowest BCUT2D eigenvalue weighted by Gasteiger charge is -2.27. The maximum atomic E-state index is 13.6. The molecule has 0 aliphatic heterocycles. The molecule has 0 radical (unpaired) electrons. The van der Waals surface area contributed by atoms with Gasteiger partial charge >= 0.3 is 5.97 Å². The van der Waals surface area contributed by atoms with E-state index in [2.05, 4.69) is 31.9 Å². The molecule has 286 valence electrons. The van der Waals surface area contributed by atoms with Crippen molar-refractivity contribution >= 4 is 41.4 Å². The van der Waals surface area contributed by atoms with E-state index in [1.54, 1.807) is 44.2 Å². The van der Waals surface area contributed by atoms with Crippen molar-refractivity contribution in [3.8, 4) is 0 Å². The molecule has 6 amide bonds. The average Bonchev–Trinajstić information content (AvgIpc) is 3.04. The van der Waals surface area contributed by atoms with Gasteiger partial charge in [-0.3, -0.25) is 28.8 Å². The molecule has 0 saturated heterocycles. The molecule has 1 rings (SSSR count). The summed E-state index contributed by atoms with van der Waals surface area (Å²) in [5.74, 6) is -6.22. The third-order valence-electron chi connectivity index (χ3n) is 7.66. The number of nitrogens with two attached hydrogens (primary N) is 1. The summed E-state index contributed by atoms with van der Waals surface area (Å²) < 4.78 is 0. The molecule has 0 heterocycles. The van der Waals surface area contributed by atoms with E-state index in [4.69, 9.17) is 5.73 Å². The zero-order chi connectivity index (χ0) is 39.0. The Bertz CT molecular complexity index is 1340. The number of benzene rings is 1. The lowest BCUT2D eigenvalue weighted by Crippen LogP contribution is -2.60. The molecule has 1 aromatic rings. The summed E-state index contributed by atoms with van der Waals surface area (Å²) in [4.78, 5) is 89.5. The SMILES string of the molecule is CC(C)C[C@H](NC(=O)[C@@H](NC(=O)[C@H](C)NC(=O)[C@H](CC(C)C)NC(=O)[C@H](Cc1ccccc1)NC(=O)CNC(=O)[C@@H](N)[C@@H](C)O)[C@@H](C)O)C(=O)O. The van der Waals surface area contributed by atoms with E-state index in [9.17, 15) is 48.9 Å². The van der Waals surface area contributed by atoms with Gasteiger partial charge in [-0.2, -0.15) is 0 Å². The van der Waals surface area contributed by atoms with Gasteiger partial charge in [0.15, 0.2) is 0 Å². The van der Waals surface area contributed by atoms with Crippen molar-refractivity contribution in [2.24, 2.45) is 17.6 Å². The van der Waals surface area contributed by atoms with Gasteiger partial charge in [-0.1, -0.05) is 58.0 Å². The minimum atomic E-state index is -1.54. The van der Waals surface area contributed by atoms with Crippen LogP contribution in [0.3, 0.4) is 0 Å². The number of amides is 6. The van der Waals surface area contributed by atoms with Crippen LogP contribution in [0.2, 0.25) is 0 Å². The normalized spacial score (nSPS) is 15.9. The number of aliphatic carboxylic acids is 1. The Hall–Kier alpha value is -4.61. The second-order valence-electron chi connectivity index (χ2n) is 13.5. The average molecular weight is 722 g/mol. The number of hydrogen-bond acceptors (Lipinski definition) is 10. The molecule has 8 atom stereocenters. The van der Waals surface area contributed by atoms with Crippen molar-refractivity contribution in [1.29, 1.82) is 0 Å². The Morgan fingerprint density at radius 2 is 1.16 bits per heavy atom. The second-order valence-corrected chi connectivity index (χ2v) is 13.5. The number of aliphatic hydroxyl groups excluding tert-OH is 2. The van der Waals surface area contributed by atoms with E-state index in [1.807, 2.05) is 13.8 Å². The maximum Gasteiger partial charge on any atom is 0.326 e. The van der Waals surface area contributed by atoms with Crippen molar-refractivity contribution in [2.45, 2.75) is 116 Å². The van der Waals surface area contributed by atoms with Crippen molar-refractivity contribution in [2.75, 3.05) is 6.54 Å². The third-order valence-corrected chi connectivity index (χ3v) is 7.66. The molecular weight excluding hydrogens is 666 g/mol. The first-order valence-corrected chi connectivity index (χ1v) is 16.9. The molecule has 11 N–H and O–H groups in total. The standard InChI is InChI=1S/C34H55N7O10/c1-17(2)13-23(30(46)37-19(5)29(45)41-28(21(7)43)33(49)40-25(34(50)51)14-18(3)4)39-31(47)24(15-22-11-9-8-10-12-22)38-26(44)16-36-32(48)27(35)20(6)42/h8-12,17-21,23-25,27-28,42-43H,13-16,35H2,1-7H3,(H,36,48)(H,37,46)(H,38,44)(H,39,47)(H,40,49)(H,41,45)(H,50,51)/t19-,20+,21+,23-,24-,25-,27-,28-/m0/s1. The Balaban J connectivity index is 3.08. The number of aliphatic hydroxyl groups is 2. The van der Waals surface area contributed by atoms with Crippen molar-refractivity contribution < 1.29 is 48.9 Å². The first-order chi connectivity index (χ1) is 23.7. The highest BCUT2D eigenvalue weighted by Crippen LogP contribution is 2.10. The fraction of sp³-hybridized carbons (Fsp3) is 0.618. The predicted molar refractivity (Wildman–Crippen MR) is 186 cm³/mol. The number of rotatable bonds is 21. The first-order valence-electron chi connectivity index (χ1n) is 16.9. The van der Waals surface area contributed by atoms with Gasteiger partial charge in [0.25, 0.3) is 0 Å². The van der Waals surface area contributed by atoms with Crippen LogP contribution in [0, 0.1) is 11.8 Å². The third kappa shape index (κ3) is 16.3. The number of hydrogen-bond donors (Lipinski definition) is 10. The molecule has 0 unspecified atom stereocenters. The summed E-state index contributed by atoms with van der Waals surface area (Å²) >= 11 is 0. The summed E-state index contributed by atoms with van der Waals surface area (Å²) in [5, 5.41) is 43.9. The monoisotopic (exact) mass is 721 g/mol. The van der Waals surface area contributed by atoms with Crippen molar-refractivity contribution in [3.63, 3.8) is 0 Å². The van der Waals surface area contributed by atoms with Crippen LogP contribution < -0.4 is 37.6 Å². The van der Waals surface area contributed by atoms with Crippen LogP contribution in [0.15, 0.2) is 30.3 Å². The van der Waals surface area contributed by atoms with Crippen LogP contribution in [-0.2, 0) is 40.0 Å². The fourth-order valence-electron chi connectivity index (χ4n) is 4.80. The van der Waals surface area contributed by atoms with Gasteiger partial charge in [-0.05, 0) is 51.0 Å². The maximum absolute atomic E-state index is 13.6. The van der Waals surface area contributed by atoms with E-state index >= 15 is 0 Å². The Labute approximate surface area is 298 Å². The summed E-state index contributed by atoms with van der Waals surface area (Å²) in [6.45, 7) is 10.5. The van der Waals surface area contributed by atoms with Crippen LogP contribution in [0.4, 0.5) is 0 Å². The molecule has 17 nitrogen and oxygen atoms in total. The highest BCUT2D eigenvalue weighted by molar-refractivity contribution is 5.96. The smallest absolute Gasteiger partial charge is 0.326 e. The zero-order valence-electron chi connectivity index (χ0n) is 30.3. The molecule has 0 saturated carbocycles. The van der Waals surface area contributed by atoms with E-state index < -0.39 is 96.4 Å². The van der Waals surface area contributed by atoms with Crippen molar-refractivity contribution in [1.82, 2.24) is 31.9 Å². The van der Waals surface area contributed by atoms with Gasteiger partial charge in [-0.15, -0.1) is 0 Å². The predicted octanol–water partition coefficient (Wildman–Crippen LogP) is -1.95. The minimum absolute atomic E-state index is 0.0249. The van der Waals surface area contributed by atoms with Crippen LogP contribution in [0.5, 0.6) is 0 Å². The molecule has 17 heteroatoms. The Morgan fingerprint density at radius 3 is 1.67 bits per heavy atom. The largest absolute Gasteiger partial charge is 0.480 e. The Kier molecular flexibility index (Phi) is 18.8. The lowest BCUT2D eigenvalue weighted by atomic mass is 10.0. The quantitative estimate of drug-likeness (QED) is 0.0666. The summed E-state index contributed by atoms with van der Waals surface area (Å²) in [7, 11) is 0. The molecule has 51 heavy (non-hydrogen) atoms. The van der Waals surface area contributed by atoms with Gasteiger partial charge in [0.2, 0.25) is 35.4 Å².